The van der Waals surface area contributed by atoms with Crippen LogP contribution in [0.5, 0.6) is 0 Å². The molecule has 2 amide bonds. The molecule has 12 heteroatoms. The second-order valence-corrected chi connectivity index (χ2v) is 9.71. The maximum Gasteiger partial charge on any atom is 0.416 e. The van der Waals surface area contributed by atoms with Crippen molar-refractivity contribution in [1.29, 1.82) is 0 Å². The molecule has 0 spiro atoms. The number of carbonyl (C=O) groups is 2. The van der Waals surface area contributed by atoms with Crippen molar-refractivity contribution < 1.29 is 45.4 Å². The van der Waals surface area contributed by atoms with E-state index in [1.54, 1.807) is 13.8 Å². The second kappa shape index (κ2) is 10.6. The Morgan fingerprint density at radius 3 is 2.10 bits per heavy atom. The van der Waals surface area contributed by atoms with Crippen molar-refractivity contribution in [3.8, 4) is 0 Å². The number of ether oxygens (including phenoxy) is 2. The molecule has 0 saturated heterocycles. The van der Waals surface area contributed by atoms with Gasteiger partial charge in [-0.1, -0.05) is 6.07 Å². The van der Waals surface area contributed by atoms with E-state index in [0.717, 1.165) is 42.4 Å². The van der Waals surface area contributed by atoms with E-state index >= 15 is 0 Å². The van der Waals surface area contributed by atoms with Crippen LogP contribution >= 0.6 is 0 Å². The zero-order chi connectivity index (χ0) is 28.7. The van der Waals surface area contributed by atoms with E-state index in [9.17, 15) is 35.9 Å². The number of hydrogen-bond acceptors (Lipinski definition) is 4. The molecular formula is C27H28F6N2O4. The van der Waals surface area contributed by atoms with Crippen molar-refractivity contribution in [2.24, 2.45) is 0 Å². The number of methoxy groups -OCH3 is 1. The lowest BCUT2D eigenvalue weighted by Gasteiger charge is -2.43. The minimum Gasteiger partial charge on any atom is -0.453 e. The smallest absolute Gasteiger partial charge is 0.416 e. The summed E-state index contributed by atoms with van der Waals surface area (Å²) < 4.78 is 91.1. The molecule has 4 rings (SSSR count). The molecule has 39 heavy (non-hydrogen) atoms. The third-order valence-electron chi connectivity index (χ3n) is 7.12. The summed E-state index contributed by atoms with van der Waals surface area (Å²) in [5.41, 5.74) is -0.206. The van der Waals surface area contributed by atoms with Crippen LogP contribution in [-0.4, -0.2) is 36.8 Å². The first kappa shape index (κ1) is 28.6. The molecule has 1 heterocycles. The van der Waals surface area contributed by atoms with Crippen LogP contribution in [0.25, 0.3) is 0 Å². The van der Waals surface area contributed by atoms with Gasteiger partial charge in [0.15, 0.2) is 0 Å². The summed E-state index contributed by atoms with van der Waals surface area (Å²) in [4.78, 5) is 28.5. The lowest BCUT2D eigenvalue weighted by atomic mass is 9.88. The van der Waals surface area contributed by atoms with Gasteiger partial charge in [0.2, 0.25) is 0 Å². The summed E-state index contributed by atoms with van der Waals surface area (Å²) in [6, 6.07) is 3.69. The highest BCUT2D eigenvalue weighted by Crippen LogP contribution is 2.45. The highest BCUT2D eigenvalue weighted by molar-refractivity contribution is 5.91. The molecule has 2 atom stereocenters. The van der Waals surface area contributed by atoms with Gasteiger partial charge in [0, 0.05) is 12.6 Å². The first-order valence-electron chi connectivity index (χ1n) is 12.5. The molecule has 2 unspecified atom stereocenters. The van der Waals surface area contributed by atoms with Gasteiger partial charge in [-0.15, -0.1) is 0 Å². The molecular weight excluding hydrogens is 530 g/mol. The Bertz CT molecular complexity index is 1230. The fourth-order valence-corrected chi connectivity index (χ4v) is 5.39. The van der Waals surface area contributed by atoms with Crippen molar-refractivity contribution in [2.75, 3.05) is 18.6 Å². The number of aryl methyl sites for hydroxylation is 2. The van der Waals surface area contributed by atoms with E-state index in [0.29, 0.717) is 23.4 Å². The summed E-state index contributed by atoms with van der Waals surface area (Å²) in [5, 5.41) is 0. The normalized spacial score (nSPS) is 18.8. The highest BCUT2D eigenvalue weighted by atomic mass is 19.4. The molecule has 0 N–H and O–H groups in total. The lowest BCUT2D eigenvalue weighted by molar-refractivity contribution is -0.143. The zero-order valence-corrected chi connectivity index (χ0v) is 21.6. The number of benzene rings is 2. The zero-order valence-electron chi connectivity index (χ0n) is 21.6. The average molecular weight is 559 g/mol. The Labute approximate surface area is 221 Å². The molecule has 6 nitrogen and oxygen atoms in total. The molecule has 1 aliphatic carbocycles. The predicted molar refractivity (Wildman–Crippen MR) is 129 cm³/mol. The number of anilines is 1. The monoisotopic (exact) mass is 558 g/mol. The Balaban J connectivity index is 1.83. The maximum absolute atomic E-state index is 13.5. The van der Waals surface area contributed by atoms with E-state index < -0.39 is 54.3 Å². The number of carbonyl (C=O) groups excluding carboxylic acids is 2. The summed E-state index contributed by atoms with van der Waals surface area (Å²) >= 11 is 0. The van der Waals surface area contributed by atoms with Crippen LogP contribution in [0.4, 0.5) is 41.6 Å². The molecule has 2 aliphatic rings. The Kier molecular flexibility index (Phi) is 7.77. The average Bonchev–Trinajstić information content (AvgIpc) is 3.31. The van der Waals surface area contributed by atoms with E-state index in [-0.39, 0.29) is 24.7 Å². The lowest BCUT2D eigenvalue weighted by Crippen LogP contribution is -2.47. The van der Waals surface area contributed by atoms with Gasteiger partial charge in [0.05, 0.1) is 36.6 Å². The number of fused-ring (bicyclic) bond motifs is 2. The van der Waals surface area contributed by atoms with E-state index in [4.69, 9.17) is 9.47 Å². The van der Waals surface area contributed by atoms with Gasteiger partial charge in [0.25, 0.3) is 0 Å². The molecule has 0 saturated carbocycles. The Hall–Kier alpha value is -3.44. The summed E-state index contributed by atoms with van der Waals surface area (Å²) in [6.45, 7) is 2.97. The van der Waals surface area contributed by atoms with Gasteiger partial charge in [0.1, 0.15) is 0 Å². The molecule has 0 fully saturated rings. The minimum atomic E-state index is -5.03. The third-order valence-corrected chi connectivity index (χ3v) is 7.12. The van der Waals surface area contributed by atoms with Crippen molar-refractivity contribution in [3.63, 3.8) is 0 Å². The first-order valence-corrected chi connectivity index (χ1v) is 12.5. The van der Waals surface area contributed by atoms with Crippen LogP contribution in [-0.2, 0) is 41.2 Å². The Morgan fingerprint density at radius 2 is 1.56 bits per heavy atom. The van der Waals surface area contributed by atoms with Gasteiger partial charge < -0.3 is 9.47 Å². The summed E-state index contributed by atoms with van der Waals surface area (Å²) in [5.74, 6) is 0. The maximum atomic E-state index is 13.5. The van der Waals surface area contributed by atoms with Crippen LogP contribution < -0.4 is 4.90 Å². The van der Waals surface area contributed by atoms with Crippen molar-refractivity contribution >= 4 is 17.9 Å². The fraction of sp³-hybridized carbons (Fsp3) is 0.481. The molecule has 212 valence electrons. The summed E-state index contributed by atoms with van der Waals surface area (Å²) in [6.07, 6.45) is -8.95. The number of halogens is 6. The number of nitrogens with zero attached hydrogens (tertiary/aromatic N) is 2. The van der Waals surface area contributed by atoms with Gasteiger partial charge in [-0.05, 0) is 86.1 Å². The first-order chi connectivity index (χ1) is 18.2. The Morgan fingerprint density at radius 1 is 0.974 bits per heavy atom. The molecule has 0 aromatic heterocycles. The predicted octanol–water partition coefficient (Wildman–Crippen LogP) is 7.28. The van der Waals surface area contributed by atoms with Crippen LogP contribution in [0.1, 0.15) is 66.1 Å². The van der Waals surface area contributed by atoms with Crippen molar-refractivity contribution in [3.05, 3.63) is 63.7 Å². The minimum absolute atomic E-state index is 0.0461. The van der Waals surface area contributed by atoms with Gasteiger partial charge in [-0.3, -0.25) is 9.80 Å². The van der Waals surface area contributed by atoms with Crippen LogP contribution in [0, 0.1) is 0 Å². The topological polar surface area (TPSA) is 59.1 Å². The fourth-order valence-electron chi connectivity index (χ4n) is 5.39. The molecule has 1 aliphatic heterocycles. The number of amides is 2. The standard InChI is InChI=1S/C27H28F6N2O4/c1-4-39-25(37)35-15(2)8-22(21-11-17-6-5-7-18(17)12-23(21)35)34(24(36)38-3)14-16-9-19(26(28,29)30)13-20(10-16)27(31,32)33/h9-13,15,22H,4-8,14H2,1-3H3. The third kappa shape index (κ3) is 5.79. The summed E-state index contributed by atoms with van der Waals surface area (Å²) in [7, 11) is 1.09. The molecule has 0 bridgehead atoms. The van der Waals surface area contributed by atoms with Crippen LogP contribution in [0.2, 0.25) is 0 Å². The number of hydrogen-bond donors (Lipinski definition) is 0. The van der Waals surface area contributed by atoms with Crippen LogP contribution in [0.3, 0.4) is 0 Å². The van der Waals surface area contributed by atoms with Crippen LogP contribution in [0.15, 0.2) is 30.3 Å². The number of rotatable bonds is 4. The molecule has 0 radical (unpaired) electrons. The second-order valence-electron chi connectivity index (χ2n) is 9.71. The quantitative estimate of drug-likeness (QED) is 0.370. The highest BCUT2D eigenvalue weighted by Gasteiger charge is 2.41. The van der Waals surface area contributed by atoms with E-state index in [1.165, 1.54) is 4.90 Å². The molecule has 2 aromatic carbocycles. The van der Waals surface area contributed by atoms with Gasteiger partial charge >= 0.3 is 24.5 Å². The number of alkyl halides is 6. The largest absolute Gasteiger partial charge is 0.453 e. The molecule has 2 aromatic rings. The van der Waals surface area contributed by atoms with Gasteiger partial charge in [-0.25, -0.2) is 9.59 Å². The van der Waals surface area contributed by atoms with Crippen molar-refractivity contribution in [2.45, 2.75) is 70.5 Å². The SMILES string of the molecule is CCOC(=O)N1c2cc3c(cc2C(N(Cc2cc(C(F)(F)F)cc(C(F)(F)F)c2)C(=O)OC)CC1C)CCC3. The van der Waals surface area contributed by atoms with E-state index in [2.05, 4.69) is 0 Å². The van der Waals surface area contributed by atoms with Crippen molar-refractivity contribution in [1.82, 2.24) is 4.90 Å². The van der Waals surface area contributed by atoms with Gasteiger partial charge in [-0.2, -0.15) is 26.3 Å². The van der Waals surface area contributed by atoms with E-state index in [1.807, 2.05) is 12.1 Å².